The van der Waals surface area contributed by atoms with Crippen molar-refractivity contribution in [2.45, 2.75) is 39.3 Å². The zero-order chi connectivity index (χ0) is 14.3. The molecule has 1 N–H and O–H groups in total. The van der Waals surface area contributed by atoms with Crippen LogP contribution in [0.2, 0.25) is 0 Å². The Morgan fingerprint density at radius 1 is 1.32 bits per heavy atom. The molecule has 0 spiro atoms. The van der Waals surface area contributed by atoms with Crippen LogP contribution in [0.1, 0.15) is 26.3 Å². The van der Waals surface area contributed by atoms with Crippen LogP contribution in [0.3, 0.4) is 0 Å². The number of rotatable bonds is 8. The van der Waals surface area contributed by atoms with E-state index in [1.807, 2.05) is 19.1 Å². The van der Waals surface area contributed by atoms with Crippen LogP contribution in [-0.2, 0) is 11.2 Å². The van der Waals surface area contributed by atoms with Gasteiger partial charge in [0.05, 0.1) is 13.2 Å². The molecule has 0 bridgehead atoms. The largest absolute Gasteiger partial charge is 0.497 e. The van der Waals surface area contributed by atoms with Crippen molar-refractivity contribution >= 4 is 15.9 Å². The molecule has 1 aromatic rings. The van der Waals surface area contributed by atoms with Gasteiger partial charge in [-0.2, -0.15) is 0 Å². The minimum Gasteiger partial charge on any atom is -0.497 e. The van der Waals surface area contributed by atoms with Crippen LogP contribution in [0.4, 0.5) is 0 Å². The van der Waals surface area contributed by atoms with Gasteiger partial charge < -0.3 is 14.8 Å². The first-order chi connectivity index (χ1) is 9.12. The van der Waals surface area contributed by atoms with E-state index < -0.39 is 0 Å². The van der Waals surface area contributed by atoms with Gasteiger partial charge in [-0.15, -0.1) is 0 Å². The molecule has 19 heavy (non-hydrogen) atoms. The quantitative estimate of drug-likeness (QED) is 0.792. The zero-order valence-electron chi connectivity index (χ0n) is 12.2. The first-order valence-corrected chi connectivity index (χ1v) is 7.59. The molecule has 0 amide bonds. The van der Waals surface area contributed by atoms with Gasteiger partial charge in [-0.25, -0.2) is 0 Å². The van der Waals surface area contributed by atoms with Crippen molar-refractivity contribution in [1.29, 1.82) is 0 Å². The standard InChI is InChI=1S/C15H24BrNO2/c1-5-17-15(11(3)19-6-2)10-12-9-13(18-4)7-8-14(12)16/h7-9,11,15,17H,5-6,10H2,1-4H3. The summed E-state index contributed by atoms with van der Waals surface area (Å²) in [6.45, 7) is 7.93. The predicted molar refractivity (Wildman–Crippen MR) is 83.0 cm³/mol. The Balaban J connectivity index is 2.82. The molecule has 0 aliphatic carbocycles. The third-order valence-electron chi connectivity index (χ3n) is 3.16. The highest BCUT2D eigenvalue weighted by Crippen LogP contribution is 2.24. The molecule has 0 saturated heterocycles. The fourth-order valence-corrected chi connectivity index (χ4v) is 2.53. The Labute approximate surface area is 124 Å². The van der Waals surface area contributed by atoms with Gasteiger partial charge in [-0.3, -0.25) is 0 Å². The number of likely N-dealkylation sites (N-methyl/N-ethyl adjacent to an activating group) is 1. The normalized spacial score (nSPS) is 14.2. The summed E-state index contributed by atoms with van der Waals surface area (Å²) >= 11 is 3.60. The maximum Gasteiger partial charge on any atom is 0.119 e. The Hall–Kier alpha value is -0.580. The average Bonchev–Trinajstić information content (AvgIpc) is 2.40. The fraction of sp³-hybridized carbons (Fsp3) is 0.600. The lowest BCUT2D eigenvalue weighted by Gasteiger charge is -2.25. The lowest BCUT2D eigenvalue weighted by atomic mass is 10.0. The predicted octanol–water partition coefficient (Wildman–Crippen LogP) is 3.40. The lowest BCUT2D eigenvalue weighted by Crippen LogP contribution is -2.41. The first-order valence-electron chi connectivity index (χ1n) is 6.79. The van der Waals surface area contributed by atoms with E-state index in [1.54, 1.807) is 7.11 Å². The smallest absolute Gasteiger partial charge is 0.119 e. The molecule has 0 aliphatic rings. The van der Waals surface area contributed by atoms with Crippen LogP contribution in [0.15, 0.2) is 22.7 Å². The van der Waals surface area contributed by atoms with Crippen LogP contribution in [-0.4, -0.2) is 32.4 Å². The number of ether oxygens (including phenoxy) is 2. The SMILES string of the molecule is CCNC(Cc1cc(OC)ccc1Br)C(C)OCC. The number of hydrogen-bond acceptors (Lipinski definition) is 3. The highest BCUT2D eigenvalue weighted by Gasteiger charge is 2.18. The Morgan fingerprint density at radius 3 is 2.63 bits per heavy atom. The minimum absolute atomic E-state index is 0.183. The molecule has 108 valence electrons. The van der Waals surface area contributed by atoms with E-state index in [1.165, 1.54) is 5.56 Å². The van der Waals surface area contributed by atoms with Crippen molar-refractivity contribution in [1.82, 2.24) is 5.32 Å². The number of methoxy groups -OCH3 is 1. The van der Waals surface area contributed by atoms with Crippen molar-refractivity contribution in [3.8, 4) is 5.75 Å². The maximum atomic E-state index is 5.72. The van der Waals surface area contributed by atoms with E-state index in [0.717, 1.165) is 29.8 Å². The highest BCUT2D eigenvalue weighted by molar-refractivity contribution is 9.10. The van der Waals surface area contributed by atoms with Crippen molar-refractivity contribution in [3.63, 3.8) is 0 Å². The Bertz CT molecular complexity index is 384. The third kappa shape index (κ3) is 5.13. The third-order valence-corrected chi connectivity index (χ3v) is 3.93. The van der Waals surface area contributed by atoms with E-state index in [0.29, 0.717) is 6.04 Å². The number of halogens is 1. The van der Waals surface area contributed by atoms with Gasteiger partial charge in [-0.05, 0) is 50.6 Å². The van der Waals surface area contributed by atoms with Gasteiger partial charge in [-0.1, -0.05) is 22.9 Å². The van der Waals surface area contributed by atoms with Crippen LogP contribution in [0.25, 0.3) is 0 Å². The molecule has 1 rings (SSSR count). The lowest BCUT2D eigenvalue weighted by molar-refractivity contribution is 0.0480. The Morgan fingerprint density at radius 2 is 2.05 bits per heavy atom. The summed E-state index contributed by atoms with van der Waals surface area (Å²) in [5, 5.41) is 3.49. The number of nitrogens with one attached hydrogen (secondary N) is 1. The molecule has 3 nitrogen and oxygen atoms in total. The Kier molecular flexibility index (Phi) is 7.42. The van der Waals surface area contributed by atoms with E-state index in [2.05, 4.69) is 41.2 Å². The van der Waals surface area contributed by atoms with Gasteiger partial charge in [0.25, 0.3) is 0 Å². The molecule has 0 radical (unpaired) electrons. The average molecular weight is 330 g/mol. The van der Waals surface area contributed by atoms with Crippen LogP contribution < -0.4 is 10.1 Å². The summed E-state index contributed by atoms with van der Waals surface area (Å²) in [6.07, 6.45) is 1.09. The summed E-state index contributed by atoms with van der Waals surface area (Å²) in [6, 6.07) is 6.37. The van der Waals surface area contributed by atoms with Gasteiger partial charge in [0.2, 0.25) is 0 Å². The second kappa shape index (κ2) is 8.56. The summed E-state index contributed by atoms with van der Waals surface area (Å²) < 4.78 is 12.1. The van der Waals surface area contributed by atoms with Gasteiger partial charge in [0.15, 0.2) is 0 Å². The minimum atomic E-state index is 0.183. The highest BCUT2D eigenvalue weighted by atomic mass is 79.9. The summed E-state index contributed by atoms with van der Waals surface area (Å²) in [7, 11) is 1.69. The van der Waals surface area contributed by atoms with Crippen LogP contribution in [0.5, 0.6) is 5.75 Å². The number of hydrogen-bond donors (Lipinski definition) is 1. The molecule has 0 aliphatic heterocycles. The van der Waals surface area contributed by atoms with Crippen LogP contribution in [0, 0.1) is 0 Å². The summed E-state index contributed by atoms with van der Waals surface area (Å²) in [5.74, 6) is 0.887. The molecule has 1 aromatic carbocycles. The molecular weight excluding hydrogens is 306 g/mol. The van der Waals surface area contributed by atoms with Crippen molar-refractivity contribution in [2.75, 3.05) is 20.3 Å². The van der Waals surface area contributed by atoms with Gasteiger partial charge in [0.1, 0.15) is 5.75 Å². The van der Waals surface area contributed by atoms with Gasteiger partial charge in [0, 0.05) is 17.1 Å². The van der Waals surface area contributed by atoms with Crippen molar-refractivity contribution < 1.29 is 9.47 Å². The second-order valence-electron chi connectivity index (χ2n) is 4.49. The van der Waals surface area contributed by atoms with E-state index in [-0.39, 0.29) is 6.10 Å². The number of benzene rings is 1. The maximum absolute atomic E-state index is 5.72. The molecule has 4 heteroatoms. The molecule has 2 atom stereocenters. The molecule has 0 saturated carbocycles. The van der Waals surface area contributed by atoms with Crippen LogP contribution >= 0.6 is 15.9 Å². The fourth-order valence-electron chi connectivity index (χ4n) is 2.12. The van der Waals surface area contributed by atoms with Crippen molar-refractivity contribution in [2.24, 2.45) is 0 Å². The van der Waals surface area contributed by atoms with E-state index >= 15 is 0 Å². The second-order valence-corrected chi connectivity index (χ2v) is 5.34. The molecule has 0 heterocycles. The molecular formula is C15H24BrNO2. The topological polar surface area (TPSA) is 30.5 Å². The molecule has 0 fully saturated rings. The summed E-state index contributed by atoms with van der Waals surface area (Å²) in [4.78, 5) is 0. The first kappa shape index (κ1) is 16.5. The van der Waals surface area contributed by atoms with Crippen molar-refractivity contribution in [3.05, 3.63) is 28.2 Å². The molecule has 2 unspecified atom stereocenters. The van der Waals surface area contributed by atoms with E-state index in [9.17, 15) is 0 Å². The zero-order valence-corrected chi connectivity index (χ0v) is 13.8. The summed E-state index contributed by atoms with van der Waals surface area (Å²) in [5.41, 5.74) is 1.23. The van der Waals surface area contributed by atoms with Gasteiger partial charge >= 0.3 is 0 Å². The van der Waals surface area contributed by atoms with E-state index in [4.69, 9.17) is 9.47 Å². The molecule has 0 aromatic heterocycles. The monoisotopic (exact) mass is 329 g/mol.